The Labute approximate surface area is 221 Å². The quantitative estimate of drug-likeness (QED) is 0.254. The summed E-state index contributed by atoms with van der Waals surface area (Å²) in [4.78, 5) is 24.4. The van der Waals surface area contributed by atoms with Crippen molar-refractivity contribution >= 4 is 51.5 Å². The van der Waals surface area contributed by atoms with E-state index >= 15 is 0 Å². The average Bonchev–Trinajstić information content (AvgIpc) is 2.89. The number of benzene rings is 3. The highest BCUT2D eigenvalue weighted by molar-refractivity contribution is 6.38. The number of hydrogen-bond donors (Lipinski definition) is 1. The van der Waals surface area contributed by atoms with Crippen LogP contribution in [0, 0.1) is 0 Å². The molecule has 1 N–H and O–H groups in total. The van der Waals surface area contributed by atoms with Crippen molar-refractivity contribution in [3.63, 3.8) is 0 Å². The summed E-state index contributed by atoms with van der Waals surface area (Å²) in [5.74, 6) is 2.07. The second kappa shape index (κ2) is 12.1. The number of anilines is 2. The molecular weight excluding hydrogens is 495 g/mol. The normalized spacial score (nSPS) is 10.9. The van der Waals surface area contributed by atoms with E-state index in [1.165, 1.54) is 5.56 Å². The van der Waals surface area contributed by atoms with Crippen LogP contribution in [0.4, 0.5) is 11.5 Å². The SMILES string of the molecule is CCc1nc(N(CCC(=O)Nc2ccc(OC)cc2)CCc2ccccc2)c2cc(Cl)cc(Cl)c2n1. The largest absolute Gasteiger partial charge is 0.497 e. The fourth-order valence-electron chi connectivity index (χ4n) is 3.95. The highest BCUT2D eigenvalue weighted by Gasteiger charge is 2.18. The maximum atomic E-state index is 12.8. The molecular formula is C28H28Cl2N4O2. The second-order valence-electron chi connectivity index (χ2n) is 8.35. The summed E-state index contributed by atoms with van der Waals surface area (Å²) >= 11 is 12.9. The fraction of sp³-hybridized carbons (Fsp3) is 0.250. The first-order valence-corrected chi connectivity index (χ1v) is 12.6. The van der Waals surface area contributed by atoms with Gasteiger partial charge in [0.1, 0.15) is 17.4 Å². The standard InChI is InChI=1S/C28H28Cl2N4O2/c1-3-25-32-27-23(17-20(29)18-24(27)30)28(33-25)34(15-13-19-7-5-4-6-8-19)16-14-26(35)31-21-9-11-22(36-2)12-10-21/h4-12,17-18H,3,13-16H2,1-2H3,(H,31,35). The lowest BCUT2D eigenvalue weighted by molar-refractivity contribution is -0.116. The minimum atomic E-state index is -0.0879. The molecule has 0 aliphatic rings. The maximum Gasteiger partial charge on any atom is 0.226 e. The van der Waals surface area contributed by atoms with E-state index in [0.29, 0.717) is 40.9 Å². The third kappa shape index (κ3) is 6.45. The summed E-state index contributed by atoms with van der Waals surface area (Å²) in [5, 5.41) is 4.73. The van der Waals surface area contributed by atoms with Crippen LogP contribution in [-0.2, 0) is 17.6 Å². The van der Waals surface area contributed by atoms with Gasteiger partial charge in [0.2, 0.25) is 5.91 Å². The summed E-state index contributed by atoms with van der Waals surface area (Å²) in [6.45, 7) is 3.14. The maximum absolute atomic E-state index is 12.8. The Morgan fingerprint density at radius 2 is 1.75 bits per heavy atom. The molecule has 0 unspecified atom stereocenters. The number of amides is 1. The van der Waals surface area contributed by atoms with E-state index in [-0.39, 0.29) is 12.3 Å². The van der Waals surface area contributed by atoms with Gasteiger partial charge in [-0.2, -0.15) is 0 Å². The molecule has 0 spiro atoms. The van der Waals surface area contributed by atoms with Crippen LogP contribution in [0.2, 0.25) is 10.0 Å². The molecule has 1 aromatic heterocycles. The number of ether oxygens (including phenoxy) is 1. The van der Waals surface area contributed by atoms with Gasteiger partial charge in [0.05, 0.1) is 17.6 Å². The number of fused-ring (bicyclic) bond motifs is 1. The third-order valence-corrected chi connectivity index (χ3v) is 6.36. The Morgan fingerprint density at radius 3 is 2.44 bits per heavy atom. The lowest BCUT2D eigenvalue weighted by atomic mass is 10.1. The molecule has 4 rings (SSSR count). The van der Waals surface area contributed by atoms with Gasteiger partial charge in [-0.25, -0.2) is 9.97 Å². The smallest absolute Gasteiger partial charge is 0.226 e. The van der Waals surface area contributed by atoms with Crippen LogP contribution < -0.4 is 15.0 Å². The van der Waals surface area contributed by atoms with E-state index in [2.05, 4.69) is 27.3 Å². The average molecular weight is 523 g/mol. The number of halogens is 2. The van der Waals surface area contributed by atoms with Crippen molar-refractivity contribution in [2.45, 2.75) is 26.2 Å². The van der Waals surface area contributed by atoms with Gasteiger partial charge in [-0.15, -0.1) is 0 Å². The molecule has 0 aliphatic heterocycles. The zero-order chi connectivity index (χ0) is 25.5. The van der Waals surface area contributed by atoms with Crippen molar-refractivity contribution in [2.24, 2.45) is 0 Å². The number of carbonyl (C=O) groups excluding carboxylic acids is 1. The first-order valence-electron chi connectivity index (χ1n) is 11.8. The van der Waals surface area contributed by atoms with Gasteiger partial charge >= 0.3 is 0 Å². The Kier molecular flexibility index (Phi) is 8.62. The molecule has 1 amide bonds. The minimum Gasteiger partial charge on any atom is -0.497 e. The molecule has 0 fully saturated rings. The molecule has 4 aromatic rings. The van der Waals surface area contributed by atoms with Crippen molar-refractivity contribution in [3.8, 4) is 5.75 Å². The van der Waals surface area contributed by atoms with E-state index in [1.807, 2.05) is 55.5 Å². The molecule has 0 bridgehead atoms. The molecule has 0 radical (unpaired) electrons. The van der Waals surface area contributed by atoms with Gasteiger partial charge < -0.3 is 15.0 Å². The monoisotopic (exact) mass is 522 g/mol. The lowest BCUT2D eigenvalue weighted by Crippen LogP contribution is -2.31. The Balaban J connectivity index is 1.61. The van der Waals surface area contributed by atoms with Gasteiger partial charge in [0, 0.05) is 42.0 Å². The van der Waals surface area contributed by atoms with Crippen LogP contribution in [0.25, 0.3) is 10.9 Å². The molecule has 3 aromatic carbocycles. The Morgan fingerprint density at radius 1 is 1.00 bits per heavy atom. The van der Waals surface area contributed by atoms with Crippen LogP contribution in [-0.4, -0.2) is 36.1 Å². The van der Waals surface area contributed by atoms with Crippen LogP contribution >= 0.6 is 23.2 Å². The minimum absolute atomic E-state index is 0.0879. The number of nitrogens with zero attached hydrogens (tertiary/aromatic N) is 3. The molecule has 0 aliphatic carbocycles. The summed E-state index contributed by atoms with van der Waals surface area (Å²) in [6.07, 6.45) is 1.73. The molecule has 1 heterocycles. The fourth-order valence-corrected chi connectivity index (χ4v) is 4.49. The molecule has 0 saturated carbocycles. The first-order chi connectivity index (χ1) is 17.5. The number of carbonyl (C=O) groups is 1. The topological polar surface area (TPSA) is 67.4 Å². The van der Waals surface area contributed by atoms with E-state index in [1.54, 1.807) is 13.2 Å². The Hall–Kier alpha value is -3.35. The molecule has 36 heavy (non-hydrogen) atoms. The molecule has 186 valence electrons. The van der Waals surface area contributed by atoms with Crippen LogP contribution in [0.15, 0.2) is 66.7 Å². The summed E-state index contributed by atoms with van der Waals surface area (Å²) < 4.78 is 5.19. The van der Waals surface area contributed by atoms with Crippen molar-refractivity contribution in [1.82, 2.24) is 9.97 Å². The van der Waals surface area contributed by atoms with Crippen LogP contribution in [0.3, 0.4) is 0 Å². The number of aryl methyl sites for hydroxylation is 1. The molecule has 8 heteroatoms. The molecule has 0 saturated heterocycles. The highest BCUT2D eigenvalue weighted by Crippen LogP contribution is 2.32. The number of rotatable bonds is 10. The highest BCUT2D eigenvalue weighted by atomic mass is 35.5. The van der Waals surface area contributed by atoms with Crippen molar-refractivity contribution in [1.29, 1.82) is 0 Å². The summed E-state index contributed by atoms with van der Waals surface area (Å²) in [5.41, 5.74) is 2.58. The number of hydrogen-bond acceptors (Lipinski definition) is 5. The summed E-state index contributed by atoms with van der Waals surface area (Å²) in [7, 11) is 1.61. The zero-order valence-electron chi connectivity index (χ0n) is 20.3. The zero-order valence-corrected chi connectivity index (χ0v) is 21.8. The van der Waals surface area contributed by atoms with Crippen molar-refractivity contribution < 1.29 is 9.53 Å². The van der Waals surface area contributed by atoms with Gasteiger partial charge in [-0.1, -0.05) is 60.5 Å². The molecule has 0 atom stereocenters. The third-order valence-electron chi connectivity index (χ3n) is 5.86. The van der Waals surface area contributed by atoms with Crippen LogP contribution in [0.1, 0.15) is 24.7 Å². The van der Waals surface area contributed by atoms with Gasteiger partial charge in [0.25, 0.3) is 0 Å². The van der Waals surface area contributed by atoms with E-state index in [9.17, 15) is 4.79 Å². The van der Waals surface area contributed by atoms with E-state index in [4.69, 9.17) is 32.9 Å². The van der Waals surface area contributed by atoms with Crippen molar-refractivity contribution in [3.05, 3.63) is 88.2 Å². The predicted molar refractivity (Wildman–Crippen MR) is 148 cm³/mol. The first kappa shape index (κ1) is 25.7. The number of methoxy groups -OCH3 is 1. The number of aromatic nitrogens is 2. The second-order valence-corrected chi connectivity index (χ2v) is 9.19. The van der Waals surface area contributed by atoms with Gasteiger partial charge in [0.15, 0.2) is 0 Å². The lowest BCUT2D eigenvalue weighted by Gasteiger charge is -2.26. The van der Waals surface area contributed by atoms with Gasteiger partial charge in [-0.05, 0) is 48.4 Å². The summed E-state index contributed by atoms with van der Waals surface area (Å²) in [6, 6.07) is 21.0. The molecule has 6 nitrogen and oxygen atoms in total. The predicted octanol–water partition coefficient (Wildman–Crippen LogP) is 6.59. The van der Waals surface area contributed by atoms with Crippen molar-refractivity contribution in [2.75, 3.05) is 30.4 Å². The Bertz CT molecular complexity index is 1330. The number of nitrogens with one attached hydrogen (secondary N) is 1. The van der Waals surface area contributed by atoms with E-state index in [0.717, 1.165) is 29.1 Å². The van der Waals surface area contributed by atoms with Gasteiger partial charge in [-0.3, -0.25) is 4.79 Å². The van der Waals surface area contributed by atoms with Crippen LogP contribution in [0.5, 0.6) is 5.75 Å². The van der Waals surface area contributed by atoms with E-state index < -0.39 is 0 Å².